The largest absolute Gasteiger partial charge is 0.342 e. The summed E-state index contributed by atoms with van der Waals surface area (Å²) in [6.45, 7) is 6.54. The van der Waals surface area contributed by atoms with E-state index in [1.54, 1.807) is 6.92 Å². The molecule has 13 heavy (non-hydrogen) atoms. The molecule has 0 aromatic rings. The van der Waals surface area contributed by atoms with Crippen molar-refractivity contribution < 1.29 is 14.3 Å². The molecule has 0 radical (unpaired) electrons. The highest BCUT2D eigenvalue weighted by Gasteiger charge is 2.42. The number of hydrogen-bond acceptors (Lipinski definition) is 4. The predicted octanol–water partition coefficient (Wildman–Crippen LogP) is -0.235. The van der Waals surface area contributed by atoms with Crippen LogP contribution < -0.4 is 11.3 Å². The predicted molar refractivity (Wildman–Crippen MR) is 46.4 cm³/mol. The number of carbonyl (C=O) groups is 1. The molecule has 0 aromatic heterocycles. The van der Waals surface area contributed by atoms with Crippen LogP contribution in [0.4, 0.5) is 0 Å². The van der Waals surface area contributed by atoms with Crippen LogP contribution in [0.3, 0.4) is 0 Å². The molecule has 3 N–H and O–H groups in total. The fraction of sp³-hybridized carbons (Fsp3) is 0.875. The van der Waals surface area contributed by atoms with Crippen molar-refractivity contribution in [1.29, 1.82) is 0 Å². The normalized spacial score (nSPS) is 25.2. The van der Waals surface area contributed by atoms with Gasteiger partial charge in [-0.3, -0.25) is 10.2 Å². The van der Waals surface area contributed by atoms with E-state index in [2.05, 4.69) is 0 Å². The van der Waals surface area contributed by atoms with Crippen LogP contribution >= 0.6 is 0 Å². The van der Waals surface area contributed by atoms with Gasteiger partial charge in [-0.2, -0.15) is 0 Å². The Hall–Kier alpha value is -0.650. The summed E-state index contributed by atoms with van der Waals surface area (Å²) in [6.07, 6.45) is 0. The lowest BCUT2D eigenvalue weighted by molar-refractivity contribution is -0.274. The second-order valence-corrected chi connectivity index (χ2v) is 4.16. The van der Waals surface area contributed by atoms with E-state index in [0.717, 1.165) is 0 Å². The molecular formula is C8H16N2O3. The third-order valence-electron chi connectivity index (χ3n) is 2.02. The number of hydrazine groups is 1. The summed E-state index contributed by atoms with van der Waals surface area (Å²) >= 11 is 0. The molecule has 1 amide bonds. The molecule has 0 spiro atoms. The Morgan fingerprint density at radius 1 is 1.31 bits per heavy atom. The van der Waals surface area contributed by atoms with E-state index in [1.165, 1.54) is 0 Å². The standard InChI is InChI=1S/C8H16N2O3/c1-7(2)4-12-8(3,13-5-7)6(11)10-9/h4-5,9H2,1-3H3,(H,10,11). The van der Waals surface area contributed by atoms with Crippen molar-refractivity contribution in [3.63, 3.8) is 0 Å². The molecule has 1 rings (SSSR count). The number of nitrogens with one attached hydrogen (secondary N) is 1. The summed E-state index contributed by atoms with van der Waals surface area (Å²) in [4.78, 5) is 11.2. The first-order valence-electron chi connectivity index (χ1n) is 4.19. The molecule has 1 aliphatic rings. The third kappa shape index (κ3) is 2.18. The van der Waals surface area contributed by atoms with E-state index >= 15 is 0 Å². The Morgan fingerprint density at radius 2 is 1.77 bits per heavy atom. The Kier molecular flexibility index (Phi) is 2.61. The SMILES string of the molecule is CC1(C)COC(C)(C(=O)NN)OC1. The van der Waals surface area contributed by atoms with Crippen LogP contribution in [-0.4, -0.2) is 24.9 Å². The maximum Gasteiger partial charge on any atom is 0.293 e. The summed E-state index contributed by atoms with van der Waals surface area (Å²) in [5, 5.41) is 0. The van der Waals surface area contributed by atoms with Crippen LogP contribution in [0.25, 0.3) is 0 Å². The van der Waals surface area contributed by atoms with Crippen LogP contribution in [0.15, 0.2) is 0 Å². The lowest BCUT2D eigenvalue weighted by Gasteiger charge is -2.39. The van der Waals surface area contributed by atoms with Gasteiger partial charge >= 0.3 is 0 Å². The molecule has 76 valence electrons. The lowest BCUT2D eigenvalue weighted by Crippen LogP contribution is -2.56. The van der Waals surface area contributed by atoms with Crippen molar-refractivity contribution >= 4 is 5.91 Å². The van der Waals surface area contributed by atoms with Gasteiger partial charge in [-0.1, -0.05) is 13.8 Å². The second-order valence-electron chi connectivity index (χ2n) is 4.16. The van der Waals surface area contributed by atoms with Gasteiger partial charge in [-0.15, -0.1) is 0 Å². The van der Waals surface area contributed by atoms with Crippen LogP contribution in [0.1, 0.15) is 20.8 Å². The second kappa shape index (κ2) is 3.25. The molecule has 0 unspecified atom stereocenters. The Morgan fingerprint density at radius 3 is 2.15 bits per heavy atom. The Balaban J connectivity index is 2.61. The smallest absolute Gasteiger partial charge is 0.293 e. The first kappa shape index (κ1) is 10.4. The highest BCUT2D eigenvalue weighted by Crippen LogP contribution is 2.28. The number of ether oxygens (including phenoxy) is 2. The zero-order valence-electron chi connectivity index (χ0n) is 8.22. The van der Waals surface area contributed by atoms with E-state index in [-0.39, 0.29) is 5.41 Å². The zero-order valence-corrected chi connectivity index (χ0v) is 8.22. The van der Waals surface area contributed by atoms with Crippen LogP contribution in [-0.2, 0) is 14.3 Å². The van der Waals surface area contributed by atoms with Gasteiger partial charge in [-0.05, 0) is 6.92 Å². The van der Waals surface area contributed by atoms with Gasteiger partial charge in [0.15, 0.2) is 0 Å². The number of amides is 1. The minimum absolute atomic E-state index is 0.0472. The minimum Gasteiger partial charge on any atom is -0.342 e. The molecule has 1 heterocycles. The molecule has 0 aliphatic carbocycles. The van der Waals surface area contributed by atoms with Crippen molar-refractivity contribution in [3.8, 4) is 0 Å². The lowest BCUT2D eigenvalue weighted by atomic mass is 9.95. The van der Waals surface area contributed by atoms with Gasteiger partial charge in [0.05, 0.1) is 13.2 Å². The molecule has 1 saturated heterocycles. The third-order valence-corrected chi connectivity index (χ3v) is 2.02. The van der Waals surface area contributed by atoms with Crippen molar-refractivity contribution in [3.05, 3.63) is 0 Å². The monoisotopic (exact) mass is 188 g/mol. The van der Waals surface area contributed by atoms with Crippen molar-refractivity contribution in [1.82, 2.24) is 5.43 Å². The van der Waals surface area contributed by atoms with Crippen LogP contribution in [0.2, 0.25) is 0 Å². The fourth-order valence-electron chi connectivity index (χ4n) is 1.01. The van der Waals surface area contributed by atoms with Crippen molar-refractivity contribution in [2.75, 3.05) is 13.2 Å². The summed E-state index contributed by atoms with van der Waals surface area (Å²) in [5.74, 6) is 3.31. The highest BCUT2D eigenvalue weighted by atomic mass is 16.7. The molecule has 0 bridgehead atoms. The molecule has 1 aliphatic heterocycles. The van der Waals surface area contributed by atoms with Crippen LogP contribution in [0.5, 0.6) is 0 Å². The molecule has 0 atom stereocenters. The average molecular weight is 188 g/mol. The van der Waals surface area contributed by atoms with E-state index in [1.807, 2.05) is 19.3 Å². The molecule has 5 nitrogen and oxygen atoms in total. The first-order chi connectivity index (χ1) is 5.90. The highest BCUT2D eigenvalue weighted by molar-refractivity contribution is 5.82. The molecule has 0 saturated carbocycles. The molecule has 1 fully saturated rings. The minimum atomic E-state index is -1.23. The zero-order chi connectivity index (χ0) is 10.1. The van der Waals surface area contributed by atoms with E-state index in [9.17, 15) is 4.79 Å². The van der Waals surface area contributed by atoms with Gasteiger partial charge in [0.2, 0.25) is 5.79 Å². The molecular weight excluding hydrogens is 172 g/mol. The van der Waals surface area contributed by atoms with Gasteiger partial charge in [0.25, 0.3) is 5.91 Å². The molecule has 5 heteroatoms. The summed E-state index contributed by atoms with van der Waals surface area (Å²) < 4.78 is 10.6. The van der Waals surface area contributed by atoms with Crippen molar-refractivity contribution in [2.24, 2.45) is 11.3 Å². The Bertz CT molecular complexity index is 205. The quantitative estimate of drug-likeness (QED) is 0.338. The fourth-order valence-corrected chi connectivity index (χ4v) is 1.01. The maximum atomic E-state index is 11.2. The van der Waals surface area contributed by atoms with E-state index < -0.39 is 11.7 Å². The summed E-state index contributed by atoms with van der Waals surface area (Å²) in [5.41, 5.74) is 1.97. The number of rotatable bonds is 1. The van der Waals surface area contributed by atoms with Gasteiger partial charge in [0, 0.05) is 5.41 Å². The van der Waals surface area contributed by atoms with E-state index in [0.29, 0.717) is 13.2 Å². The maximum absolute atomic E-state index is 11.2. The topological polar surface area (TPSA) is 73.6 Å². The average Bonchev–Trinajstić information content (AvgIpc) is 2.09. The summed E-state index contributed by atoms with van der Waals surface area (Å²) in [7, 11) is 0. The molecule has 0 aromatic carbocycles. The van der Waals surface area contributed by atoms with Crippen LogP contribution in [0, 0.1) is 5.41 Å². The van der Waals surface area contributed by atoms with Gasteiger partial charge in [0.1, 0.15) is 0 Å². The van der Waals surface area contributed by atoms with Gasteiger partial charge in [-0.25, -0.2) is 5.84 Å². The van der Waals surface area contributed by atoms with E-state index in [4.69, 9.17) is 15.3 Å². The number of carbonyl (C=O) groups excluding carboxylic acids is 1. The number of hydrogen-bond donors (Lipinski definition) is 2. The first-order valence-corrected chi connectivity index (χ1v) is 4.19. The van der Waals surface area contributed by atoms with Gasteiger partial charge < -0.3 is 9.47 Å². The van der Waals surface area contributed by atoms with Crippen molar-refractivity contribution in [2.45, 2.75) is 26.6 Å². The number of nitrogens with two attached hydrogens (primary N) is 1. The Labute approximate surface area is 77.5 Å². The summed E-state index contributed by atoms with van der Waals surface area (Å²) in [6, 6.07) is 0.